The van der Waals surface area contributed by atoms with Crippen molar-refractivity contribution < 1.29 is 14.3 Å². The van der Waals surface area contributed by atoms with Crippen LogP contribution in [0.15, 0.2) is 50.2 Å². The Hall–Kier alpha value is -1.35. The maximum absolute atomic E-state index is 13.0. The fraction of sp³-hybridized carbons (Fsp3) is 0.200. The molecule has 1 aliphatic rings. The van der Waals surface area contributed by atoms with Gasteiger partial charge in [-0.2, -0.15) is 0 Å². The molecule has 8 heteroatoms. The number of anilines is 1. The van der Waals surface area contributed by atoms with Gasteiger partial charge in [0.05, 0.1) is 28.3 Å². The molecule has 3 rings (SSSR count). The van der Waals surface area contributed by atoms with Crippen molar-refractivity contribution in [3.05, 3.63) is 55.8 Å². The highest BCUT2D eigenvalue weighted by atomic mass is 79.9. The molecule has 1 saturated heterocycles. The zero-order valence-corrected chi connectivity index (χ0v) is 20.0. The predicted octanol–water partition coefficient (Wildman–Crippen LogP) is 6.41. The molecule has 0 atom stereocenters. The van der Waals surface area contributed by atoms with Gasteiger partial charge in [0, 0.05) is 4.47 Å². The van der Waals surface area contributed by atoms with Crippen LogP contribution in [0.25, 0.3) is 6.08 Å². The molecule has 0 aromatic heterocycles. The summed E-state index contributed by atoms with van der Waals surface area (Å²) in [5, 5.41) is 0. The third kappa shape index (κ3) is 4.62. The summed E-state index contributed by atoms with van der Waals surface area (Å²) in [7, 11) is 0. The average Bonchev–Trinajstić information content (AvgIpc) is 2.91. The van der Waals surface area contributed by atoms with Crippen molar-refractivity contribution in [2.24, 2.45) is 0 Å². The van der Waals surface area contributed by atoms with Crippen LogP contribution in [0.2, 0.25) is 0 Å². The summed E-state index contributed by atoms with van der Waals surface area (Å²) in [5.74, 6) is 1.15. The summed E-state index contributed by atoms with van der Waals surface area (Å²) in [6.07, 6.45) is 1.82. The Morgan fingerprint density at radius 3 is 2.57 bits per heavy atom. The molecule has 1 heterocycles. The van der Waals surface area contributed by atoms with E-state index in [2.05, 4.69) is 31.9 Å². The van der Waals surface area contributed by atoms with Crippen molar-refractivity contribution >= 4 is 77.8 Å². The van der Waals surface area contributed by atoms with Crippen LogP contribution in [0.4, 0.5) is 5.69 Å². The number of benzene rings is 2. The molecule has 1 aliphatic heterocycles. The molecule has 4 nitrogen and oxygen atoms in total. The van der Waals surface area contributed by atoms with Crippen molar-refractivity contribution in [1.82, 2.24) is 0 Å². The summed E-state index contributed by atoms with van der Waals surface area (Å²) in [6, 6.07) is 11.3. The molecule has 2 aromatic carbocycles. The van der Waals surface area contributed by atoms with Crippen LogP contribution in [0.3, 0.4) is 0 Å². The summed E-state index contributed by atoms with van der Waals surface area (Å²) < 4.78 is 13.5. The molecule has 0 saturated carbocycles. The van der Waals surface area contributed by atoms with E-state index in [1.807, 2.05) is 56.3 Å². The standard InChI is InChI=1S/C20H17Br2NO3S2/c1-3-25-16-9-12(8-15(22)18(16)26-4-2)10-17-19(24)23(20(27)28-17)14-7-5-6-13(21)11-14/h5-11H,3-4H2,1-2H3/b17-10+. The number of carbonyl (C=O) groups is 1. The number of thioether (sulfide) groups is 1. The first-order chi connectivity index (χ1) is 13.4. The van der Waals surface area contributed by atoms with E-state index in [4.69, 9.17) is 21.7 Å². The van der Waals surface area contributed by atoms with E-state index in [9.17, 15) is 4.79 Å². The van der Waals surface area contributed by atoms with Gasteiger partial charge in [-0.15, -0.1) is 0 Å². The van der Waals surface area contributed by atoms with Gasteiger partial charge in [0.1, 0.15) is 0 Å². The molecule has 0 N–H and O–H groups in total. The smallest absolute Gasteiger partial charge is 0.270 e. The lowest BCUT2D eigenvalue weighted by molar-refractivity contribution is -0.113. The van der Waals surface area contributed by atoms with E-state index in [-0.39, 0.29) is 5.91 Å². The zero-order valence-electron chi connectivity index (χ0n) is 15.2. The molecule has 0 spiro atoms. The summed E-state index contributed by atoms with van der Waals surface area (Å²) >= 11 is 13.7. The molecule has 28 heavy (non-hydrogen) atoms. The molecule has 0 radical (unpaired) electrons. The summed E-state index contributed by atoms with van der Waals surface area (Å²) in [4.78, 5) is 15.1. The van der Waals surface area contributed by atoms with E-state index in [0.29, 0.717) is 33.9 Å². The van der Waals surface area contributed by atoms with Crippen LogP contribution in [0.1, 0.15) is 19.4 Å². The highest BCUT2D eigenvalue weighted by Crippen LogP contribution is 2.40. The Bertz CT molecular complexity index is 962. The third-order valence-corrected chi connectivity index (χ3v) is 6.16. The maximum Gasteiger partial charge on any atom is 0.270 e. The van der Waals surface area contributed by atoms with Gasteiger partial charge in [-0.25, -0.2) is 0 Å². The molecule has 0 aliphatic carbocycles. The van der Waals surface area contributed by atoms with Crippen LogP contribution in [-0.2, 0) is 4.79 Å². The van der Waals surface area contributed by atoms with Crippen molar-refractivity contribution in [3.63, 3.8) is 0 Å². The largest absolute Gasteiger partial charge is 0.490 e. The number of nitrogens with zero attached hydrogens (tertiary/aromatic N) is 1. The van der Waals surface area contributed by atoms with Crippen molar-refractivity contribution in [1.29, 1.82) is 0 Å². The Morgan fingerprint density at radius 2 is 1.89 bits per heavy atom. The average molecular weight is 543 g/mol. The van der Waals surface area contributed by atoms with E-state index >= 15 is 0 Å². The van der Waals surface area contributed by atoms with Gasteiger partial charge < -0.3 is 9.47 Å². The van der Waals surface area contributed by atoms with E-state index in [1.54, 1.807) is 4.90 Å². The fourth-order valence-electron chi connectivity index (χ4n) is 2.68. The molecule has 146 valence electrons. The number of amides is 1. The fourth-order valence-corrected chi connectivity index (χ4v) is 4.94. The minimum Gasteiger partial charge on any atom is -0.490 e. The molecule has 0 bridgehead atoms. The molecule has 0 unspecified atom stereocenters. The lowest BCUT2D eigenvalue weighted by Gasteiger charge is -2.15. The predicted molar refractivity (Wildman–Crippen MR) is 126 cm³/mol. The van der Waals surface area contributed by atoms with E-state index in [0.717, 1.165) is 20.2 Å². The van der Waals surface area contributed by atoms with Crippen molar-refractivity contribution in [3.8, 4) is 11.5 Å². The first-order valence-corrected chi connectivity index (χ1v) is 11.4. The number of carbonyl (C=O) groups excluding carboxylic acids is 1. The summed E-state index contributed by atoms with van der Waals surface area (Å²) in [5.41, 5.74) is 1.57. The summed E-state index contributed by atoms with van der Waals surface area (Å²) in [6.45, 7) is 4.88. The monoisotopic (exact) mass is 541 g/mol. The third-order valence-electron chi connectivity index (χ3n) is 3.78. The second kappa shape index (κ2) is 9.43. The Kier molecular flexibility index (Phi) is 7.20. The van der Waals surface area contributed by atoms with Gasteiger partial charge in [0.25, 0.3) is 5.91 Å². The maximum atomic E-state index is 13.0. The molecular weight excluding hydrogens is 526 g/mol. The Balaban J connectivity index is 1.95. The van der Waals surface area contributed by atoms with Gasteiger partial charge in [-0.1, -0.05) is 46.0 Å². The van der Waals surface area contributed by atoms with Gasteiger partial charge >= 0.3 is 0 Å². The van der Waals surface area contributed by atoms with Crippen LogP contribution in [0, 0.1) is 0 Å². The SMILES string of the molecule is CCOc1cc(/C=C2/SC(=S)N(c3cccc(Br)c3)C2=O)cc(Br)c1OCC. The molecule has 1 amide bonds. The van der Waals surface area contributed by atoms with Crippen LogP contribution in [0.5, 0.6) is 11.5 Å². The number of hydrogen-bond donors (Lipinski definition) is 0. The normalized spacial score (nSPS) is 15.4. The zero-order chi connectivity index (χ0) is 20.3. The van der Waals surface area contributed by atoms with Gasteiger partial charge in [0.15, 0.2) is 15.8 Å². The quantitative estimate of drug-likeness (QED) is 0.311. The van der Waals surface area contributed by atoms with Crippen molar-refractivity contribution in [2.75, 3.05) is 18.1 Å². The lowest BCUT2D eigenvalue weighted by atomic mass is 10.1. The number of ether oxygens (including phenoxy) is 2. The first kappa shape index (κ1) is 21.4. The highest BCUT2D eigenvalue weighted by molar-refractivity contribution is 9.10. The Morgan fingerprint density at radius 1 is 1.14 bits per heavy atom. The van der Waals surface area contributed by atoms with Crippen molar-refractivity contribution in [2.45, 2.75) is 13.8 Å². The van der Waals surface area contributed by atoms with E-state index in [1.165, 1.54) is 11.8 Å². The Labute approximate surface area is 190 Å². The van der Waals surface area contributed by atoms with Gasteiger partial charge in [-0.05, 0) is 71.7 Å². The van der Waals surface area contributed by atoms with Crippen LogP contribution in [-0.4, -0.2) is 23.4 Å². The number of rotatable bonds is 6. The second-order valence-corrected chi connectivity index (χ2v) is 9.14. The molecule has 1 fully saturated rings. The van der Waals surface area contributed by atoms with Crippen LogP contribution < -0.4 is 14.4 Å². The molecule has 2 aromatic rings. The molecular formula is C20H17Br2NO3S2. The van der Waals surface area contributed by atoms with Gasteiger partial charge in [-0.3, -0.25) is 9.69 Å². The minimum atomic E-state index is -0.143. The van der Waals surface area contributed by atoms with E-state index < -0.39 is 0 Å². The first-order valence-electron chi connectivity index (χ1n) is 8.57. The number of hydrogen-bond acceptors (Lipinski definition) is 5. The van der Waals surface area contributed by atoms with Crippen LogP contribution >= 0.6 is 55.8 Å². The second-order valence-electron chi connectivity index (χ2n) is 5.69. The highest BCUT2D eigenvalue weighted by Gasteiger charge is 2.33. The van der Waals surface area contributed by atoms with Gasteiger partial charge in [0.2, 0.25) is 0 Å². The number of thiocarbonyl (C=S) groups is 1. The number of halogens is 2. The topological polar surface area (TPSA) is 38.8 Å². The lowest BCUT2D eigenvalue weighted by Crippen LogP contribution is -2.27. The minimum absolute atomic E-state index is 0.143.